The van der Waals surface area contributed by atoms with Crippen molar-refractivity contribution < 1.29 is 18.3 Å². The van der Waals surface area contributed by atoms with Crippen molar-refractivity contribution in [3.63, 3.8) is 0 Å². The molecule has 0 saturated heterocycles. The van der Waals surface area contributed by atoms with Gasteiger partial charge in [0, 0.05) is 12.2 Å². The fourth-order valence-corrected chi connectivity index (χ4v) is 1.53. The number of carbonyl (C=O) groups is 1. The van der Waals surface area contributed by atoms with Gasteiger partial charge in [-0.1, -0.05) is 12.8 Å². The second-order valence-electron chi connectivity index (χ2n) is 2.99. The van der Waals surface area contributed by atoms with Crippen molar-refractivity contribution in [1.29, 1.82) is 0 Å². The molecule has 4 nitrogen and oxygen atoms in total. The van der Waals surface area contributed by atoms with Gasteiger partial charge in [0.15, 0.2) is 11.1 Å². The number of rotatable bonds is 8. The molecule has 0 aromatic rings. The van der Waals surface area contributed by atoms with Crippen molar-refractivity contribution in [3.8, 4) is 0 Å². The first-order chi connectivity index (χ1) is 6.66. The summed E-state index contributed by atoms with van der Waals surface area (Å²) in [5, 5.41) is 0. The van der Waals surface area contributed by atoms with Gasteiger partial charge in [0.1, 0.15) is 0 Å². The van der Waals surface area contributed by atoms with Gasteiger partial charge in [-0.25, -0.2) is 4.21 Å². The van der Waals surface area contributed by atoms with Crippen LogP contribution < -0.4 is 0 Å². The molecule has 0 aliphatic heterocycles. The van der Waals surface area contributed by atoms with E-state index in [1.807, 2.05) is 0 Å². The SMILES string of the molecule is CCOC(=O)CCCCCCS(=O)O. The fraction of sp³-hybridized carbons (Fsp3) is 0.889. The zero-order valence-electron chi connectivity index (χ0n) is 8.53. The highest BCUT2D eigenvalue weighted by molar-refractivity contribution is 7.79. The predicted molar refractivity (Wildman–Crippen MR) is 55.4 cm³/mol. The maximum Gasteiger partial charge on any atom is 0.305 e. The Morgan fingerprint density at radius 3 is 2.50 bits per heavy atom. The third kappa shape index (κ3) is 9.67. The van der Waals surface area contributed by atoms with Gasteiger partial charge in [-0.3, -0.25) is 4.79 Å². The summed E-state index contributed by atoms with van der Waals surface area (Å²) in [7, 11) is 0. The normalized spacial score (nSPS) is 12.4. The Morgan fingerprint density at radius 2 is 1.93 bits per heavy atom. The zero-order chi connectivity index (χ0) is 10.8. The Morgan fingerprint density at radius 1 is 1.29 bits per heavy atom. The molecular formula is C9H18O4S. The van der Waals surface area contributed by atoms with Crippen LogP contribution in [0.5, 0.6) is 0 Å². The summed E-state index contributed by atoms with van der Waals surface area (Å²) in [4.78, 5) is 10.9. The van der Waals surface area contributed by atoms with Crippen LogP contribution in [0.2, 0.25) is 0 Å². The van der Waals surface area contributed by atoms with Crippen molar-refractivity contribution in [1.82, 2.24) is 0 Å². The summed E-state index contributed by atoms with van der Waals surface area (Å²) in [6.07, 6.45) is 3.81. The molecule has 0 radical (unpaired) electrons. The molecule has 0 aromatic carbocycles. The molecule has 1 N–H and O–H groups in total. The highest BCUT2D eigenvalue weighted by Crippen LogP contribution is 2.04. The molecule has 0 rings (SSSR count). The summed E-state index contributed by atoms with van der Waals surface area (Å²) in [6, 6.07) is 0. The highest BCUT2D eigenvalue weighted by atomic mass is 32.2. The Balaban J connectivity index is 3.13. The molecule has 0 heterocycles. The van der Waals surface area contributed by atoms with Gasteiger partial charge >= 0.3 is 5.97 Å². The molecule has 14 heavy (non-hydrogen) atoms. The van der Waals surface area contributed by atoms with Gasteiger partial charge in [-0.05, 0) is 19.8 Å². The molecule has 84 valence electrons. The summed E-state index contributed by atoms with van der Waals surface area (Å²) < 4.78 is 23.5. The molecule has 0 aromatic heterocycles. The number of hydrogen-bond acceptors (Lipinski definition) is 3. The predicted octanol–water partition coefficient (Wildman–Crippen LogP) is 1.72. The molecule has 0 aliphatic carbocycles. The van der Waals surface area contributed by atoms with E-state index in [9.17, 15) is 9.00 Å². The Kier molecular flexibility index (Phi) is 8.87. The number of hydrogen-bond donors (Lipinski definition) is 1. The molecular weight excluding hydrogens is 204 g/mol. The molecule has 0 amide bonds. The zero-order valence-corrected chi connectivity index (χ0v) is 9.35. The Bertz CT molecular complexity index is 182. The van der Waals surface area contributed by atoms with E-state index in [0.717, 1.165) is 25.7 Å². The van der Waals surface area contributed by atoms with Crippen LogP contribution in [-0.2, 0) is 20.6 Å². The van der Waals surface area contributed by atoms with Crippen molar-refractivity contribution in [3.05, 3.63) is 0 Å². The summed E-state index contributed by atoms with van der Waals surface area (Å²) in [6.45, 7) is 2.22. The van der Waals surface area contributed by atoms with Gasteiger partial charge in [0.25, 0.3) is 0 Å². The lowest BCUT2D eigenvalue weighted by atomic mass is 10.1. The highest BCUT2D eigenvalue weighted by Gasteiger charge is 2.00. The number of unbranched alkanes of at least 4 members (excludes halogenated alkanes) is 3. The first kappa shape index (κ1) is 13.6. The first-order valence-electron chi connectivity index (χ1n) is 4.90. The van der Waals surface area contributed by atoms with Crippen LogP contribution in [0.15, 0.2) is 0 Å². The minimum Gasteiger partial charge on any atom is -0.466 e. The minimum absolute atomic E-state index is 0.154. The Hall–Kier alpha value is -0.420. The van der Waals surface area contributed by atoms with Crippen LogP contribution in [0.3, 0.4) is 0 Å². The summed E-state index contributed by atoms with van der Waals surface area (Å²) in [5.41, 5.74) is 0. The topological polar surface area (TPSA) is 63.6 Å². The molecule has 1 unspecified atom stereocenters. The number of esters is 1. The van der Waals surface area contributed by atoms with Crippen LogP contribution >= 0.6 is 0 Å². The van der Waals surface area contributed by atoms with Gasteiger partial charge in [-0.2, -0.15) is 0 Å². The van der Waals surface area contributed by atoms with Gasteiger partial charge in [0.05, 0.1) is 6.61 Å². The molecule has 0 bridgehead atoms. The number of carbonyl (C=O) groups excluding carboxylic acids is 1. The van der Waals surface area contributed by atoms with Gasteiger partial charge in [-0.15, -0.1) is 0 Å². The molecule has 1 atom stereocenters. The lowest BCUT2D eigenvalue weighted by molar-refractivity contribution is -0.143. The van der Waals surface area contributed by atoms with E-state index in [-0.39, 0.29) is 5.97 Å². The van der Waals surface area contributed by atoms with Crippen LogP contribution in [0, 0.1) is 0 Å². The van der Waals surface area contributed by atoms with E-state index < -0.39 is 11.1 Å². The monoisotopic (exact) mass is 222 g/mol. The molecule has 5 heteroatoms. The van der Waals surface area contributed by atoms with Crippen LogP contribution in [-0.4, -0.2) is 27.1 Å². The van der Waals surface area contributed by atoms with Crippen molar-refractivity contribution in [2.45, 2.75) is 39.0 Å². The lowest BCUT2D eigenvalue weighted by Crippen LogP contribution is -2.03. The van der Waals surface area contributed by atoms with Crippen LogP contribution in [0.25, 0.3) is 0 Å². The smallest absolute Gasteiger partial charge is 0.305 e. The molecule has 0 spiro atoms. The minimum atomic E-state index is -1.67. The maximum atomic E-state index is 10.9. The van der Waals surface area contributed by atoms with E-state index in [4.69, 9.17) is 9.29 Å². The molecule has 0 fully saturated rings. The third-order valence-electron chi connectivity index (χ3n) is 1.76. The van der Waals surface area contributed by atoms with Crippen molar-refractivity contribution in [2.24, 2.45) is 0 Å². The average molecular weight is 222 g/mol. The second kappa shape index (κ2) is 9.15. The summed E-state index contributed by atoms with van der Waals surface area (Å²) in [5.74, 6) is 0.178. The molecule has 0 aliphatic rings. The second-order valence-corrected chi connectivity index (χ2v) is 4.05. The van der Waals surface area contributed by atoms with Crippen LogP contribution in [0.1, 0.15) is 39.0 Å². The van der Waals surface area contributed by atoms with E-state index in [0.29, 0.717) is 18.8 Å². The van der Waals surface area contributed by atoms with E-state index in [1.165, 1.54) is 0 Å². The quantitative estimate of drug-likeness (QED) is 0.386. The lowest BCUT2D eigenvalue weighted by Gasteiger charge is -2.01. The maximum absolute atomic E-state index is 10.9. The van der Waals surface area contributed by atoms with Crippen LogP contribution in [0.4, 0.5) is 0 Å². The van der Waals surface area contributed by atoms with Gasteiger partial charge in [0.2, 0.25) is 0 Å². The fourth-order valence-electron chi connectivity index (χ4n) is 1.08. The molecule has 0 saturated carbocycles. The summed E-state index contributed by atoms with van der Waals surface area (Å²) >= 11 is -1.67. The first-order valence-corrected chi connectivity index (χ1v) is 6.17. The number of ether oxygens (including phenoxy) is 1. The van der Waals surface area contributed by atoms with E-state index >= 15 is 0 Å². The van der Waals surface area contributed by atoms with Crippen molar-refractivity contribution in [2.75, 3.05) is 12.4 Å². The Labute approximate surface area is 87.3 Å². The third-order valence-corrected chi connectivity index (χ3v) is 2.39. The largest absolute Gasteiger partial charge is 0.466 e. The standard InChI is InChI=1S/C9H18O4S/c1-2-13-9(10)7-5-3-4-6-8-14(11)12/h2-8H2,1H3,(H,11,12). The van der Waals surface area contributed by atoms with E-state index in [2.05, 4.69) is 0 Å². The van der Waals surface area contributed by atoms with E-state index in [1.54, 1.807) is 6.92 Å². The van der Waals surface area contributed by atoms with Crippen molar-refractivity contribution >= 4 is 17.0 Å². The average Bonchev–Trinajstić information content (AvgIpc) is 2.11. The van der Waals surface area contributed by atoms with Gasteiger partial charge < -0.3 is 9.29 Å².